The van der Waals surface area contributed by atoms with Crippen molar-refractivity contribution in [3.05, 3.63) is 61.2 Å². The number of carbonyl (C=O) groups excluding carboxylic acids is 3. The molecule has 1 aromatic carbocycles. The van der Waals surface area contributed by atoms with Crippen LogP contribution < -0.4 is 0 Å². The van der Waals surface area contributed by atoms with Crippen LogP contribution in [0.4, 0.5) is 0 Å². The maximum absolute atomic E-state index is 14.9. The van der Waals surface area contributed by atoms with Crippen LogP contribution >= 0.6 is 0 Å². The molecule has 7 atom stereocenters. The van der Waals surface area contributed by atoms with Gasteiger partial charge in [0.05, 0.1) is 30.8 Å². The highest BCUT2D eigenvalue weighted by molar-refractivity contribution is 5.99. The van der Waals surface area contributed by atoms with Gasteiger partial charge in [-0.3, -0.25) is 14.4 Å². The molecule has 3 saturated heterocycles. The van der Waals surface area contributed by atoms with E-state index in [2.05, 4.69) is 13.2 Å². The molecule has 3 aliphatic heterocycles. The minimum Gasteiger partial charge on any atom is -0.465 e. The van der Waals surface area contributed by atoms with Crippen molar-refractivity contribution < 1.29 is 29.0 Å². The summed E-state index contributed by atoms with van der Waals surface area (Å²) in [4.78, 5) is 46.7. The fourth-order valence-corrected chi connectivity index (χ4v) is 8.29. The number of fused-ring (bicyclic) bond motifs is 1. The first-order valence-corrected chi connectivity index (χ1v) is 15.6. The van der Waals surface area contributed by atoms with Crippen molar-refractivity contribution in [2.75, 3.05) is 19.8 Å². The van der Waals surface area contributed by atoms with Gasteiger partial charge in [0.2, 0.25) is 11.8 Å². The largest absolute Gasteiger partial charge is 0.465 e. The first-order valence-electron chi connectivity index (χ1n) is 15.6. The summed E-state index contributed by atoms with van der Waals surface area (Å²) in [5.41, 5.74) is -1.19. The monoisotopic (exact) mass is 578 g/mol. The zero-order chi connectivity index (χ0) is 30.1. The Balaban J connectivity index is 1.59. The topological polar surface area (TPSA) is 96.4 Å². The van der Waals surface area contributed by atoms with Crippen LogP contribution in [0.5, 0.6) is 0 Å². The number of aliphatic hydroxyl groups excluding tert-OH is 1. The molecule has 3 heterocycles. The summed E-state index contributed by atoms with van der Waals surface area (Å²) in [7, 11) is 0. The summed E-state index contributed by atoms with van der Waals surface area (Å²) < 4.78 is 12.5. The van der Waals surface area contributed by atoms with Crippen molar-refractivity contribution >= 4 is 17.8 Å². The molecule has 4 aliphatic rings. The predicted molar refractivity (Wildman–Crippen MR) is 159 cm³/mol. The number of amides is 2. The molecule has 2 bridgehead atoms. The Morgan fingerprint density at radius 1 is 1.19 bits per heavy atom. The van der Waals surface area contributed by atoms with Gasteiger partial charge in [0.15, 0.2) is 0 Å². The van der Waals surface area contributed by atoms with E-state index in [4.69, 9.17) is 9.47 Å². The molecule has 1 N–H and O–H groups in total. The average Bonchev–Trinajstić information content (AvgIpc) is 3.51. The van der Waals surface area contributed by atoms with E-state index in [1.807, 2.05) is 49.1 Å². The third-order valence-corrected chi connectivity index (χ3v) is 10.3. The van der Waals surface area contributed by atoms with Crippen molar-refractivity contribution in [3.8, 4) is 0 Å². The molecule has 0 aromatic heterocycles. The lowest BCUT2D eigenvalue weighted by Gasteiger charge is -2.42. The van der Waals surface area contributed by atoms with E-state index >= 15 is 0 Å². The first kappa shape index (κ1) is 30.5. The van der Waals surface area contributed by atoms with Gasteiger partial charge in [0, 0.05) is 12.6 Å². The highest BCUT2D eigenvalue weighted by Gasteiger charge is 2.80. The van der Waals surface area contributed by atoms with Gasteiger partial charge in [-0.25, -0.2) is 0 Å². The molecule has 4 fully saturated rings. The molecule has 228 valence electrons. The molecule has 8 heteroatoms. The summed E-state index contributed by atoms with van der Waals surface area (Å²) in [6.45, 7) is 11.8. The van der Waals surface area contributed by atoms with Gasteiger partial charge in [0.25, 0.3) is 0 Å². The van der Waals surface area contributed by atoms with E-state index in [0.29, 0.717) is 25.8 Å². The van der Waals surface area contributed by atoms with Crippen LogP contribution in [0.25, 0.3) is 0 Å². The Bertz CT molecular complexity index is 1180. The van der Waals surface area contributed by atoms with Gasteiger partial charge in [0.1, 0.15) is 17.6 Å². The van der Waals surface area contributed by atoms with Crippen LogP contribution in [0.15, 0.2) is 55.6 Å². The zero-order valence-corrected chi connectivity index (χ0v) is 25.1. The molecular weight excluding hydrogens is 532 g/mol. The normalized spacial score (nSPS) is 32.8. The molecule has 2 amide bonds. The van der Waals surface area contributed by atoms with Crippen LogP contribution in [-0.4, -0.2) is 81.8 Å². The second-order valence-corrected chi connectivity index (χ2v) is 12.8. The lowest BCUT2D eigenvalue weighted by molar-refractivity contribution is -0.164. The van der Waals surface area contributed by atoms with Crippen molar-refractivity contribution in [2.24, 2.45) is 17.8 Å². The van der Waals surface area contributed by atoms with Crippen LogP contribution in [0.2, 0.25) is 0 Å². The molecule has 5 rings (SSSR count). The van der Waals surface area contributed by atoms with Gasteiger partial charge >= 0.3 is 5.97 Å². The molecular formula is C34H46N2O6. The van der Waals surface area contributed by atoms with E-state index in [9.17, 15) is 19.5 Å². The number of carbonyl (C=O) groups is 3. The minimum atomic E-state index is -1.19. The van der Waals surface area contributed by atoms with Crippen LogP contribution in [0.1, 0.15) is 64.4 Å². The number of likely N-dealkylation sites (tertiary alicyclic amines) is 1. The van der Waals surface area contributed by atoms with E-state index in [0.717, 1.165) is 37.7 Å². The molecule has 0 radical (unpaired) electrons. The maximum atomic E-state index is 14.9. The fraction of sp³-hybridized carbons (Fsp3) is 0.618. The number of ether oxygens (including phenoxy) is 2. The van der Waals surface area contributed by atoms with E-state index < -0.39 is 41.1 Å². The third-order valence-electron chi connectivity index (χ3n) is 10.3. The molecule has 3 unspecified atom stereocenters. The summed E-state index contributed by atoms with van der Waals surface area (Å²) >= 11 is 0. The summed E-state index contributed by atoms with van der Waals surface area (Å²) in [6, 6.07) is 8.09. The number of benzene rings is 1. The van der Waals surface area contributed by atoms with Gasteiger partial charge in [-0.2, -0.15) is 0 Å². The SMILES string of the molecule is C=CCCOC(=O)[C@@H]1[C@H]2C(=O)N([C@@H](CO)Cc3ccccc3)C(C(=O)N(CC=C)C3CCCCC3)C23CC(C)[C@@]1(C)O3. The van der Waals surface area contributed by atoms with Gasteiger partial charge in [-0.15, -0.1) is 13.2 Å². The number of esters is 1. The number of aliphatic hydroxyl groups is 1. The van der Waals surface area contributed by atoms with Gasteiger partial charge in [-0.05, 0) is 50.5 Å². The number of nitrogens with zero attached hydrogens (tertiary/aromatic N) is 2. The molecule has 1 spiro atoms. The minimum absolute atomic E-state index is 0.0460. The maximum Gasteiger partial charge on any atom is 0.312 e. The molecule has 42 heavy (non-hydrogen) atoms. The van der Waals surface area contributed by atoms with E-state index in [1.165, 1.54) is 0 Å². The Kier molecular flexibility index (Phi) is 8.95. The summed E-state index contributed by atoms with van der Waals surface area (Å²) in [5, 5.41) is 10.7. The lowest BCUT2D eigenvalue weighted by atomic mass is 9.62. The average molecular weight is 579 g/mol. The molecule has 1 aliphatic carbocycles. The molecule has 1 saturated carbocycles. The van der Waals surface area contributed by atoms with E-state index in [1.54, 1.807) is 17.1 Å². The Hall–Kier alpha value is -2.97. The van der Waals surface area contributed by atoms with Gasteiger partial charge in [-0.1, -0.05) is 68.7 Å². The Labute approximate surface area is 249 Å². The van der Waals surface area contributed by atoms with Crippen LogP contribution in [-0.2, 0) is 30.3 Å². The Morgan fingerprint density at radius 2 is 1.90 bits per heavy atom. The fourth-order valence-electron chi connectivity index (χ4n) is 8.29. The first-order chi connectivity index (χ1) is 20.2. The third kappa shape index (κ3) is 5.00. The van der Waals surface area contributed by atoms with Crippen molar-refractivity contribution in [1.29, 1.82) is 0 Å². The van der Waals surface area contributed by atoms with Crippen LogP contribution in [0, 0.1) is 17.8 Å². The van der Waals surface area contributed by atoms with Gasteiger partial charge < -0.3 is 24.4 Å². The highest BCUT2D eigenvalue weighted by atomic mass is 16.6. The highest BCUT2D eigenvalue weighted by Crippen LogP contribution is 2.65. The molecule has 1 aromatic rings. The number of rotatable bonds is 12. The quantitative estimate of drug-likeness (QED) is 0.228. The van der Waals surface area contributed by atoms with Crippen molar-refractivity contribution in [2.45, 2.75) is 94.5 Å². The van der Waals surface area contributed by atoms with Crippen molar-refractivity contribution in [3.63, 3.8) is 0 Å². The lowest BCUT2D eigenvalue weighted by Crippen LogP contribution is -2.60. The van der Waals surface area contributed by atoms with E-state index in [-0.39, 0.29) is 37.0 Å². The zero-order valence-electron chi connectivity index (χ0n) is 25.1. The standard InChI is InChI=1S/C34H46N2O6/c1-5-7-19-41-32(40)28-27-30(38)36(26(22-37)20-24-14-10-8-11-15-24)29(34(27)21-23(3)33(28,4)42-34)31(39)35(18-6-2)25-16-12-9-13-17-25/h5-6,8,10-11,14-15,23,25-29,37H,1-2,7,9,12-13,16-22H2,3-4H3/t23?,26-,27+,28+,29?,33-,34?/m1/s1. The second kappa shape index (κ2) is 12.3. The second-order valence-electron chi connectivity index (χ2n) is 12.8. The smallest absolute Gasteiger partial charge is 0.312 e. The summed E-state index contributed by atoms with van der Waals surface area (Å²) in [5.74, 6) is -2.77. The van der Waals surface area contributed by atoms with Crippen LogP contribution in [0.3, 0.4) is 0 Å². The Morgan fingerprint density at radius 3 is 2.55 bits per heavy atom. The number of hydrogen-bond acceptors (Lipinski definition) is 6. The predicted octanol–water partition coefficient (Wildman–Crippen LogP) is 4.07. The summed E-state index contributed by atoms with van der Waals surface area (Å²) in [6.07, 6.45) is 9.81. The number of hydrogen-bond donors (Lipinski definition) is 1. The van der Waals surface area contributed by atoms with Crippen molar-refractivity contribution in [1.82, 2.24) is 9.80 Å². The molecule has 8 nitrogen and oxygen atoms in total.